The van der Waals surface area contributed by atoms with E-state index in [0.717, 1.165) is 13.8 Å². The molecule has 5 nitrogen and oxygen atoms in total. The smallest absolute Gasteiger partial charge is 1.00 e. The number of hydrogen-bond donors (Lipinski definition) is 0. The van der Waals surface area contributed by atoms with Crippen LogP contribution in [0.1, 0.15) is 19.6 Å². The summed E-state index contributed by atoms with van der Waals surface area (Å²) in [7, 11) is 0. The Labute approximate surface area is 177 Å². The van der Waals surface area contributed by atoms with E-state index in [4.69, 9.17) is 0 Å². The molecule has 0 aromatic rings. The third-order valence-corrected chi connectivity index (χ3v) is 0.454. The third-order valence-electron chi connectivity index (χ3n) is 0.454. The molecular formula is C5H10Na4O5. The van der Waals surface area contributed by atoms with E-state index in [1.807, 2.05) is 0 Å². The first kappa shape index (κ1) is 30.0. The van der Waals surface area contributed by atoms with Crippen LogP contribution in [0.3, 0.4) is 0 Å². The molecule has 0 N–H and O–H groups in total. The number of esters is 2. The second-order valence-corrected chi connectivity index (χ2v) is 1.44. The van der Waals surface area contributed by atoms with Crippen molar-refractivity contribution in [2.45, 2.75) is 13.8 Å². The molecule has 0 atom stereocenters. The summed E-state index contributed by atoms with van der Waals surface area (Å²) < 4.78 is 7.68. The molecule has 9 heteroatoms. The summed E-state index contributed by atoms with van der Waals surface area (Å²) in [5, 5.41) is 0. The SMILES string of the molecule is CC(=O)OC(=O)OC(C)=O.[H-].[H-].[H-].[H-].[Na+].[Na+].[Na+].[Na+]. The summed E-state index contributed by atoms with van der Waals surface area (Å²) in [5.41, 5.74) is 0. The third kappa shape index (κ3) is 24.0. The predicted molar refractivity (Wildman–Crippen MR) is 33.4 cm³/mol. The van der Waals surface area contributed by atoms with Gasteiger partial charge in [-0.2, -0.15) is 0 Å². The molecule has 0 unspecified atom stereocenters. The summed E-state index contributed by atoms with van der Waals surface area (Å²) in [6.45, 7) is 2.06. The summed E-state index contributed by atoms with van der Waals surface area (Å²) >= 11 is 0. The molecule has 0 aromatic carbocycles. The van der Waals surface area contributed by atoms with Crippen LogP contribution in [0.15, 0.2) is 0 Å². The van der Waals surface area contributed by atoms with Crippen LogP contribution in [-0.4, -0.2) is 18.1 Å². The molecule has 14 heavy (non-hydrogen) atoms. The average molecular weight is 242 g/mol. The van der Waals surface area contributed by atoms with E-state index in [2.05, 4.69) is 9.47 Å². The van der Waals surface area contributed by atoms with Crippen LogP contribution in [0.25, 0.3) is 0 Å². The maximum Gasteiger partial charge on any atom is 1.00 e. The number of carbonyl (C=O) groups excluding carboxylic acids is 3. The molecule has 0 saturated carbocycles. The Balaban J connectivity index is -0.0000000145. The summed E-state index contributed by atoms with van der Waals surface area (Å²) in [5.74, 6) is -1.63. The van der Waals surface area contributed by atoms with Crippen LogP contribution in [0, 0.1) is 0 Å². The van der Waals surface area contributed by atoms with Gasteiger partial charge in [-0.1, -0.05) is 0 Å². The Morgan fingerprint density at radius 1 is 0.786 bits per heavy atom. The van der Waals surface area contributed by atoms with Gasteiger partial charge in [-0.3, -0.25) is 9.59 Å². The molecule has 0 radical (unpaired) electrons. The number of ether oxygens (including phenoxy) is 2. The van der Waals surface area contributed by atoms with Crippen molar-refractivity contribution in [3.63, 3.8) is 0 Å². The molecule has 0 amide bonds. The number of rotatable bonds is 0. The monoisotopic (exact) mass is 242 g/mol. The van der Waals surface area contributed by atoms with Gasteiger partial charge in [0.1, 0.15) is 0 Å². The van der Waals surface area contributed by atoms with Gasteiger partial charge in [-0.25, -0.2) is 4.79 Å². The first-order valence-corrected chi connectivity index (χ1v) is 2.43. The molecule has 0 aliphatic rings. The fourth-order valence-electron chi connectivity index (χ4n) is 0.256. The van der Waals surface area contributed by atoms with Crippen molar-refractivity contribution in [1.29, 1.82) is 0 Å². The molecule has 0 heterocycles. The molecular weight excluding hydrogens is 232 g/mol. The zero-order chi connectivity index (χ0) is 8.15. The summed E-state index contributed by atoms with van der Waals surface area (Å²) in [6, 6.07) is 0. The maximum atomic E-state index is 10.2. The van der Waals surface area contributed by atoms with Crippen molar-refractivity contribution >= 4 is 18.1 Å². The molecule has 0 bridgehead atoms. The largest absolute Gasteiger partial charge is 1.00 e. The molecule has 0 aromatic heterocycles. The van der Waals surface area contributed by atoms with Crippen molar-refractivity contribution < 1.29 is 148 Å². The summed E-state index contributed by atoms with van der Waals surface area (Å²) in [6.07, 6.45) is -1.29. The van der Waals surface area contributed by atoms with Gasteiger partial charge in [-0.15, -0.1) is 0 Å². The zero-order valence-electron chi connectivity index (χ0n) is 13.5. The van der Waals surface area contributed by atoms with Gasteiger partial charge < -0.3 is 15.2 Å². The van der Waals surface area contributed by atoms with Gasteiger partial charge in [0.25, 0.3) is 0 Å². The Bertz CT molecular complexity index is 179. The van der Waals surface area contributed by atoms with E-state index in [1.54, 1.807) is 0 Å². The molecule has 0 fully saturated rings. The van der Waals surface area contributed by atoms with Crippen molar-refractivity contribution in [3.8, 4) is 0 Å². The van der Waals surface area contributed by atoms with Crippen molar-refractivity contribution in [3.05, 3.63) is 0 Å². The van der Waals surface area contributed by atoms with E-state index < -0.39 is 18.1 Å². The van der Waals surface area contributed by atoms with Crippen LogP contribution in [-0.2, 0) is 19.1 Å². The van der Waals surface area contributed by atoms with Crippen LogP contribution >= 0.6 is 0 Å². The topological polar surface area (TPSA) is 69.7 Å². The quantitative estimate of drug-likeness (QED) is 0.240. The fourth-order valence-corrected chi connectivity index (χ4v) is 0.256. The Morgan fingerprint density at radius 3 is 1.14 bits per heavy atom. The second-order valence-electron chi connectivity index (χ2n) is 1.44. The summed E-state index contributed by atoms with van der Waals surface area (Å²) in [4.78, 5) is 30.2. The van der Waals surface area contributed by atoms with Crippen LogP contribution in [0.5, 0.6) is 0 Å². The molecule has 0 spiro atoms. The number of carbonyl (C=O) groups is 3. The first-order valence-electron chi connectivity index (χ1n) is 2.43. The van der Waals surface area contributed by atoms with E-state index >= 15 is 0 Å². The van der Waals surface area contributed by atoms with Gasteiger partial charge in [0, 0.05) is 13.8 Å². The minimum atomic E-state index is -1.29. The van der Waals surface area contributed by atoms with E-state index in [1.165, 1.54) is 0 Å². The molecule has 0 rings (SSSR count). The Morgan fingerprint density at radius 2 is 1.00 bits per heavy atom. The first-order chi connectivity index (χ1) is 4.52. The Hall–Kier alpha value is 2.61. The van der Waals surface area contributed by atoms with E-state index in [9.17, 15) is 14.4 Å². The van der Waals surface area contributed by atoms with Crippen molar-refractivity contribution in [2.24, 2.45) is 0 Å². The standard InChI is InChI=1S/C5H6O5.4Na.4H/c1-3(6)9-5(8)10-4(2)7;;;;;;;;/h1-2H3;;;;;;;;/q;4*+1;4*-1. The zero-order valence-corrected chi connectivity index (χ0v) is 17.5. The van der Waals surface area contributed by atoms with Crippen LogP contribution in [0.4, 0.5) is 4.79 Å². The normalized spacial score (nSPS) is 5.86. The van der Waals surface area contributed by atoms with Crippen LogP contribution in [0.2, 0.25) is 0 Å². The van der Waals surface area contributed by atoms with Crippen molar-refractivity contribution in [1.82, 2.24) is 0 Å². The Kier molecular flexibility index (Phi) is 38.6. The van der Waals surface area contributed by atoms with Gasteiger partial charge >= 0.3 is 136 Å². The minimum absolute atomic E-state index is 0. The average Bonchev–Trinajstić information content (AvgIpc) is 1.58. The number of hydrogen-bond acceptors (Lipinski definition) is 5. The van der Waals surface area contributed by atoms with Crippen molar-refractivity contribution in [2.75, 3.05) is 0 Å². The minimum Gasteiger partial charge on any atom is -1.00 e. The second kappa shape index (κ2) is 18.0. The molecule has 0 aliphatic heterocycles. The van der Waals surface area contributed by atoms with Gasteiger partial charge in [-0.05, 0) is 0 Å². The maximum absolute atomic E-state index is 10.2. The van der Waals surface area contributed by atoms with Gasteiger partial charge in [0.15, 0.2) is 0 Å². The molecule has 64 valence electrons. The van der Waals surface area contributed by atoms with Gasteiger partial charge in [0.2, 0.25) is 0 Å². The van der Waals surface area contributed by atoms with Gasteiger partial charge in [0.05, 0.1) is 0 Å². The van der Waals surface area contributed by atoms with Crippen LogP contribution < -0.4 is 118 Å². The molecule has 0 aliphatic carbocycles. The predicted octanol–water partition coefficient (Wildman–Crippen LogP) is -11.3. The van der Waals surface area contributed by atoms with E-state index in [0.29, 0.717) is 0 Å². The molecule has 0 saturated heterocycles. The fraction of sp³-hybridized carbons (Fsp3) is 0.400. The van der Waals surface area contributed by atoms with E-state index in [-0.39, 0.29) is 124 Å².